The van der Waals surface area contributed by atoms with E-state index in [0.717, 1.165) is 26.3 Å². The highest BCUT2D eigenvalue weighted by Crippen LogP contribution is 2.22. The van der Waals surface area contributed by atoms with E-state index in [0.29, 0.717) is 21.7 Å². The molecule has 0 radical (unpaired) electrons. The molecule has 0 unspecified atom stereocenters. The van der Waals surface area contributed by atoms with Crippen LogP contribution in [0.3, 0.4) is 0 Å². The SMILES string of the molecule is CC(C)(C)CCN1CCC1.CC(C)(C)CCN1CCCC1.CC(C)(C)CCN1CCOCC1.CN1CCN(CCC(C)(C)C)CC1. The highest BCUT2D eigenvalue weighted by molar-refractivity contribution is 4.74. The van der Waals surface area contributed by atoms with Gasteiger partial charge in [0.15, 0.2) is 0 Å². The molecule has 0 bridgehead atoms. The smallest absolute Gasteiger partial charge is 0.0594 e. The molecule has 4 rings (SSSR count). The van der Waals surface area contributed by atoms with Crippen LogP contribution in [0.4, 0.5) is 0 Å². The van der Waals surface area contributed by atoms with Gasteiger partial charge in [-0.05, 0) is 126 Å². The molecule has 4 saturated heterocycles. The summed E-state index contributed by atoms with van der Waals surface area (Å²) in [6.45, 7) is 47.3. The maximum absolute atomic E-state index is 5.29. The first-order valence-corrected chi connectivity index (χ1v) is 19.4. The first-order chi connectivity index (χ1) is 21.2. The molecule has 4 aliphatic rings. The van der Waals surface area contributed by atoms with E-state index in [4.69, 9.17) is 4.74 Å². The van der Waals surface area contributed by atoms with Gasteiger partial charge in [-0.2, -0.15) is 0 Å². The van der Waals surface area contributed by atoms with E-state index in [1.54, 1.807) is 0 Å². The van der Waals surface area contributed by atoms with E-state index in [2.05, 4.69) is 115 Å². The van der Waals surface area contributed by atoms with Gasteiger partial charge in [-0.25, -0.2) is 0 Å². The van der Waals surface area contributed by atoms with Crippen molar-refractivity contribution in [2.24, 2.45) is 21.7 Å². The van der Waals surface area contributed by atoms with Crippen molar-refractivity contribution in [3.05, 3.63) is 0 Å². The van der Waals surface area contributed by atoms with Crippen LogP contribution >= 0.6 is 0 Å². The largest absolute Gasteiger partial charge is 0.379 e. The lowest BCUT2D eigenvalue weighted by Gasteiger charge is -2.33. The number of hydrogen-bond donors (Lipinski definition) is 0. The molecule has 276 valence electrons. The summed E-state index contributed by atoms with van der Waals surface area (Å²) in [4.78, 5) is 12.6. The quantitative estimate of drug-likeness (QED) is 0.263. The summed E-state index contributed by atoms with van der Waals surface area (Å²) < 4.78 is 5.29. The average Bonchev–Trinajstić information content (AvgIpc) is 3.44. The number of ether oxygens (including phenoxy) is 1. The summed E-state index contributed by atoms with van der Waals surface area (Å²) in [6, 6.07) is 0. The van der Waals surface area contributed by atoms with Crippen LogP contribution < -0.4 is 0 Å². The second-order valence-corrected chi connectivity index (χ2v) is 19.6. The molecule has 0 aromatic heterocycles. The highest BCUT2D eigenvalue weighted by atomic mass is 16.5. The van der Waals surface area contributed by atoms with Gasteiger partial charge in [-0.1, -0.05) is 83.1 Å². The lowest BCUT2D eigenvalue weighted by atomic mass is 9.91. The third kappa shape index (κ3) is 26.7. The molecule has 0 aliphatic carbocycles. The van der Waals surface area contributed by atoms with Gasteiger partial charge in [0.2, 0.25) is 0 Å². The van der Waals surface area contributed by atoms with E-state index < -0.39 is 0 Å². The standard InChI is InChI=1S/C11H24N2.C10H21NO.C10H21N.C9H19N/c1-11(2,3)5-6-13-9-7-12(4)8-10-13;1-10(2,3)4-5-11-6-8-12-9-7-11;1-10(2,3)6-9-11-7-4-5-8-11;1-9(2,3)5-8-10-6-4-7-10/h5-10H2,1-4H3;4-9H2,1-3H3;4-9H2,1-3H3;4-8H2,1-3H3. The number of nitrogens with zero attached hydrogens (tertiary/aromatic N) is 5. The molecule has 6 nitrogen and oxygen atoms in total. The first-order valence-electron chi connectivity index (χ1n) is 19.4. The monoisotopic (exact) mass is 652 g/mol. The summed E-state index contributed by atoms with van der Waals surface area (Å²) in [5, 5.41) is 0. The fourth-order valence-corrected chi connectivity index (χ4v) is 5.48. The molecule has 0 saturated carbocycles. The van der Waals surface area contributed by atoms with Gasteiger partial charge in [0.05, 0.1) is 13.2 Å². The summed E-state index contributed by atoms with van der Waals surface area (Å²) >= 11 is 0. The molecule has 0 N–H and O–H groups in total. The summed E-state index contributed by atoms with van der Waals surface area (Å²) in [7, 11) is 2.21. The Morgan fingerprint density at radius 3 is 0.935 bits per heavy atom. The molecule has 4 heterocycles. The van der Waals surface area contributed by atoms with Crippen LogP contribution in [0.5, 0.6) is 0 Å². The third-order valence-corrected chi connectivity index (χ3v) is 9.56. The Morgan fingerprint density at radius 2 is 0.652 bits per heavy atom. The molecule has 4 fully saturated rings. The van der Waals surface area contributed by atoms with Crippen molar-refractivity contribution < 1.29 is 4.74 Å². The second kappa shape index (κ2) is 21.8. The fourth-order valence-electron chi connectivity index (χ4n) is 5.48. The number of piperazine rings is 1. The molecule has 4 aliphatic heterocycles. The Kier molecular flexibility index (Phi) is 20.7. The van der Waals surface area contributed by atoms with Crippen LogP contribution in [0.1, 0.15) is 128 Å². The zero-order chi connectivity index (χ0) is 34.9. The van der Waals surface area contributed by atoms with Crippen molar-refractivity contribution in [1.82, 2.24) is 24.5 Å². The van der Waals surface area contributed by atoms with Gasteiger partial charge in [-0.15, -0.1) is 0 Å². The van der Waals surface area contributed by atoms with Crippen molar-refractivity contribution in [2.75, 3.05) is 112 Å². The average molecular weight is 652 g/mol. The topological polar surface area (TPSA) is 25.4 Å². The maximum atomic E-state index is 5.29. The van der Waals surface area contributed by atoms with E-state index in [-0.39, 0.29) is 0 Å². The van der Waals surface area contributed by atoms with Crippen LogP contribution in [0.25, 0.3) is 0 Å². The Balaban J connectivity index is 0.000000308. The Bertz CT molecular complexity index is 721. The van der Waals surface area contributed by atoms with Gasteiger partial charge >= 0.3 is 0 Å². The number of morpholine rings is 1. The van der Waals surface area contributed by atoms with Gasteiger partial charge in [-0.3, -0.25) is 4.90 Å². The summed E-state index contributed by atoms with van der Waals surface area (Å²) in [5.74, 6) is 0. The van der Waals surface area contributed by atoms with Crippen molar-refractivity contribution in [2.45, 2.75) is 128 Å². The second-order valence-electron chi connectivity index (χ2n) is 19.6. The third-order valence-electron chi connectivity index (χ3n) is 9.56. The van der Waals surface area contributed by atoms with Crippen molar-refractivity contribution in [3.8, 4) is 0 Å². The summed E-state index contributed by atoms with van der Waals surface area (Å²) in [6.07, 6.45) is 9.54. The molecule has 0 aromatic rings. The van der Waals surface area contributed by atoms with Gasteiger partial charge in [0.1, 0.15) is 0 Å². The number of likely N-dealkylation sites (N-methyl/N-ethyl adjacent to an activating group) is 1. The molecule has 0 aromatic carbocycles. The predicted molar refractivity (Wildman–Crippen MR) is 204 cm³/mol. The lowest BCUT2D eigenvalue weighted by molar-refractivity contribution is 0.0333. The van der Waals surface area contributed by atoms with Crippen LogP contribution in [-0.2, 0) is 4.74 Å². The first kappa shape index (κ1) is 43.8. The molecule has 46 heavy (non-hydrogen) atoms. The number of likely N-dealkylation sites (tertiary alicyclic amines) is 2. The Morgan fingerprint density at radius 1 is 0.370 bits per heavy atom. The van der Waals surface area contributed by atoms with Crippen LogP contribution in [-0.4, -0.2) is 136 Å². The van der Waals surface area contributed by atoms with E-state index >= 15 is 0 Å². The molecule has 0 spiro atoms. The van der Waals surface area contributed by atoms with E-state index in [9.17, 15) is 0 Å². The Hall–Kier alpha value is -0.240. The minimum Gasteiger partial charge on any atom is -0.379 e. The highest BCUT2D eigenvalue weighted by Gasteiger charge is 2.19. The number of rotatable bonds is 8. The molecule has 0 amide bonds. The zero-order valence-electron chi connectivity index (χ0n) is 33.9. The van der Waals surface area contributed by atoms with E-state index in [1.165, 1.54) is 123 Å². The maximum Gasteiger partial charge on any atom is 0.0594 e. The molecule has 6 heteroatoms. The zero-order valence-corrected chi connectivity index (χ0v) is 33.9. The summed E-state index contributed by atoms with van der Waals surface area (Å²) in [5.41, 5.74) is 2.00. The fraction of sp³-hybridized carbons (Fsp3) is 1.00. The minimum atomic E-state index is 0.471. The molecular formula is C40H85N5O. The predicted octanol–water partition coefficient (Wildman–Crippen LogP) is 8.07. The normalized spacial score (nSPS) is 21.3. The van der Waals surface area contributed by atoms with Crippen molar-refractivity contribution >= 4 is 0 Å². The van der Waals surface area contributed by atoms with Crippen molar-refractivity contribution in [3.63, 3.8) is 0 Å². The van der Waals surface area contributed by atoms with Gasteiger partial charge < -0.3 is 24.3 Å². The Labute approximate surface area is 290 Å². The van der Waals surface area contributed by atoms with Crippen LogP contribution in [0.15, 0.2) is 0 Å². The number of hydrogen-bond acceptors (Lipinski definition) is 6. The van der Waals surface area contributed by atoms with Crippen LogP contribution in [0.2, 0.25) is 0 Å². The van der Waals surface area contributed by atoms with Gasteiger partial charge in [0, 0.05) is 39.3 Å². The molecular weight excluding hydrogens is 566 g/mol. The lowest BCUT2D eigenvalue weighted by Crippen LogP contribution is -2.45. The minimum absolute atomic E-state index is 0.471. The molecule has 0 atom stereocenters. The van der Waals surface area contributed by atoms with Crippen LogP contribution in [0, 0.1) is 21.7 Å². The van der Waals surface area contributed by atoms with Gasteiger partial charge in [0.25, 0.3) is 0 Å². The van der Waals surface area contributed by atoms with E-state index in [1.807, 2.05) is 0 Å². The van der Waals surface area contributed by atoms with Crippen molar-refractivity contribution in [1.29, 1.82) is 0 Å².